The minimum atomic E-state index is -0.916. The van der Waals surface area contributed by atoms with E-state index in [9.17, 15) is 14.4 Å². The summed E-state index contributed by atoms with van der Waals surface area (Å²) >= 11 is 0. The average molecular weight is 480 g/mol. The van der Waals surface area contributed by atoms with E-state index in [0.717, 1.165) is 5.56 Å². The van der Waals surface area contributed by atoms with Crippen molar-refractivity contribution >= 4 is 18.2 Å². The molecule has 9 nitrogen and oxygen atoms in total. The molecule has 34 heavy (non-hydrogen) atoms. The first-order chi connectivity index (χ1) is 15.7. The molecule has 1 amide bonds. The fourth-order valence-corrected chi connectivity index (χ4v) is 3.51. The zero-order chi connectivity index (χ0) is 25.7. The van der Waals surface area contributed by atoms with Gasteiger partial charge in [0.25, 0.3) is 0 Å². The molecule has 1 aliphatic rings. The maximum absolute atomic E-state index is 13.1. The van der Waals surface area contributed by atoms with Crippen molar-refractivity contribution in [2.45, 2.75) is 90.8 Å². The van der Waals surface area contributed by atoms with E-state index in [1.807, 2.05) is 24.3 Å². The van der Waals surface area contributed by atoms with Crippen LogP contribution in [-0.4, -0.2) is 66.2 Å². The molecular formula is C25H37NO8. The summed E-state index contributed by atoms with van der Waals surface area (Å²) in [5.74, 6) is 0.229. The van der Waals surface area contributed by atoms with Crippen LogP contribution in [0.1, 0.15) is 60.5 Å². The first-order valence-corrected chi connectivity index (χ1v) is 11.4. The Morgan fingerprint density at radius 3 is 2.03 bits per heavy atom. The highest BCUT2D eigenvalue weighted by Gasteiger charge is 2.50. The lowest BCUT2D eigenvalue weighted by atomic mass is 10.0. The zero-order valence-corrected chi connectivity index (χ0v) is 21.4. The minimum absolute atomic E-state index is 0.00333. The number of hydrogen-bond acceptors (Lipinski definition) is 8. The SMILES string of the molecule is CCC(=O)O[C@@H]1[C@@H](OC(=O)OC(C)(C)C)CN(C(=O)OC(C)(C)C)[C@@H]1Cc1ccc(OC)cc1. The van der Waals surface area contributed by atoms with Crippen molar-refractivity contribution in [1.29, 1.82) is 0 Å². The van der Waals surface area contributed by atoms with Gasteiger partial charge in [-0.2, -0.15) is 0 Å². The van der Waals surface area contributed by atoms with Crippen LogP contribution in [0.4, 0.5) is 9.59 Å². The van der Waals surface area contributed by atoms with Crippen molar-refractivity contribution in [3.8, 4) is 5.75 Å². The quantitative estimate of drug-likeness (QED) is 0.434. The van der Waals surface area contributed by atoms with Gasteiger partial charge in [0.05, 0.1) is 19.7 Å². The van der Waals surface area contributed by atoms with Gasteiger partial charge in [0.2, 0.25) is 0 Å². The van der Waals surface area contributed by atoms with Crippen LogP contribution in [0.3, 0.4) is 0 Å². The molecule has 0 saturated carbocycles. The second-order valence-electron chi connectivity index (χ2n) is 10.2. The summed E-state index contributed by atoms with van der Waals surface area (Å²) in [5.41, 5.74) is -0.616. The van der Waals surface area contributed by atoms with Crippen LogP contribution < -0.4 is 4.74 Å². The summed E-state index contributed by atoms with van der Waals surface area (Å²) in [7, 11) is 1.58. The van der Waals surface area contributed by atoms with Crippen molar-refractivity contribution in [2.24, 2.45) is 0 Å². The molecule has 2 rings (SSSR count). The third-order valence-corrected chi connectivity index (χ3v) is 4.95. The van der Waals surface area contributed by atoms with E-state index in [2.05, 4.69) is 0 Å². The van der Waals surface area contributed by atoms with E-state index in [1.54, 1.807) is 55.6 Å². The highest BCUT2D eigenvalue weighted by molar-refractivity contribution is 5.71. The van der Waals surface area contributed by atoms with Gasteiger partial charge in [-0.15, -0.1) is 0 Å². The molecule has 1 aromatic carbocycles. The lowest BCUT2D eigenvalue weighted by Crippen LogP contribution is -2.45. The Bertz CT molecular complexity index is 853. The molecule has 0 N–H and O–H groups in total. The molecule has 3 atom stereocenters. The second kappa shape index (κ2) is 11.0. The average Bonchev–Trinajstić information content (AvgIpc) is 3.02. The fourth-order valence-electron chi connectivity index (χ4n) is 3.51. The molecule has 1 aromatic rings. The molecule has 1 heterocycles. The number of likely N-dealkylation sites (tertiary alicyclic amines) is 1. The second-order valence-corrected chi connectivity index (χ2v) is 10.2. The van der Waals surface area contributed by atoms with Crippen LogP contribution in [0.25, 0.3) is 0 Å². The molecule has 0 spiro atoms. The lowest BCUT2D eigenvalue weighted by Gasteiger charge is -2.30. The Labute approximate surface area is 201 Å². The molecule has 1 fully saturated rings. The van der Waals surface area contributed by atoms with Crippen LogP contribution in [0.5, 0.6) is 5.75 Å². The lowest BCUT2D eigenvalue weighted by molar-refractivity contribution is -0.155. The van der Waals surface area contributed by atoms with Crippen LogP contribution in [-0.2, 0) is 30.2 Å². The zero-order valence-electron chi connectivity index (χ0n) is 21.4. The normalized spacial score (nSPS) is 20.5. The van der Waals surface area contributed by atoms with Crippen LogP contribution in [0.2, 0.25) is 0 Å². The van der Waals surface area contributed by atoms with Gasteiger partial charge in [-0.05, 0) is 65.7 Å². The highest BCUT2D eigenvalue weighted by atomic mass is 16.7. The molecule has 9 heteroatoms. The van der Waals surface area contributed by atoms with Crippen molar-refractivity contribution in [2.75, 3.05) is 13.7 Å². The number of methoxy groups -OCH3 is 1. The predicted octanol–water partition coefficient (Wildman–Crippen LogP) is 4.50. The van der Waals surface area contributed by atoms with E-state index >= 15 is 0 Å². The Morgan fingerprint density at radius 1 is 0.941 bits per heavy atom. The number of carbonyl (C=O) groups is 3. The van der Waals surface area contributed by atoms with Gasteiger partial charge in [-0.25, -0.2) is 9.59 Å². The Balaban J connectivity index is 2.38. The van der Waals surface area contributed by atoms with Gasteiger partial charge < -0.3 is 23.7 Å². The topological polar surface area (TPSA) is 101 Å². The number of carbonyl (C=O) groups excluding carboxylic acids is 3. The number of esters is 1. The van der Waals surface area contributed by atoms with Gasteiger partial charge >= 0.3 is 18.2 Å². The summed E-state index contributed by atoms with van der Waals surface area (Å²) in [6, 6.07) is 6.74. The van der Waals surface area contributed by atoms with Gasteiger partial charge in [0.15, 0.2) is 12.2 Å². The Kier molecular flexibility index (Phi) is 8.80. The largest absolute Gasteiger partial charge is 0.509 e. The Hall–Kier alpha value is -2.97. The highest BCUT2D eigenvalue weighted by Crippen LogP contribution is 2.30. The summed E-state index contributed by atoms with van der Waals surface area (Å²) in [6.07, 6.45) is -2.81. The molecule has 0 bridgehead atoms. The summed E-state index contributed by atoms with van der Waals surface area (Å²) in [5, 5.41) is 0. The molecule has 0 radical (unpaired) electrons. The maximum Gasteiger partial charge on any atom is 0.509 e. The maximum atomic E-state index is 13.1. The molecule has 1 aliphatic heterocycles. The molecular weight excluding hydrogens is 442 g/mol. The van der Waals surface area contributed by atoms with Crippen molar-refractivity contribution in [1.82, 2.24) is 4.90 Å². The van der Waals surface area contributed by atoms with Gasteiger partial charge in [-0.3, -0.25) is 9.69 Å². The first-order valence-electron chi connectivity index (χ1n) is 11.4. The fraction of sp³-hybridized carbons (Fsp3) is 0.640. The molecule has 0 unspecified atom stereocenters. The standard InChI is InChI=1S/C25H37NO8/c1-9-20(27)32-21-18(14-16-10-12-17(30-8)13-11-16)26(22(28)33-24(2,3)4)15-19(21)31-23(29)34-25(5,6)7/h10-13,18-19,21H,9,14-15H2,1-8H3/t18-,19+,21+/m1/s1. The Morgan fingerprint density at radius 2 is 1.53 bits per heavy atom. The molecule has 0 aliphatic carbocycles. The monoisotopic (exact) mass is 479 g/mol. The minimum Gasteiger partial charge on any atom is -0.497 e. The van der Waals surface area contributed by atoms with Crippen molar-refractivity contribution < 1.29 is 38.1 Å². The van der Waals surface area contributed by atoms with Crippen LogP contribution >= 0.6 is 0 Å². The van der Waals surface area contributed by atoms with E-state index in [-0.39, 0.29) is 13.0 Å². The van der Waals surface area contributed by atoms with Gasteiger partial charge in [0.1, 0.15) is 17.0 Å². The van der Waals surface area contributed by atoms with E-state index < -0.39 is 47.7 Å². The molecule has 0 aromatic heterocycles. The predicted molar refractivity (Wildman–Crippen MR) is 125 cm³/mol. The molecule has 1 saturated heterocycles. The van der Waals surface area contributed by atoms with E-state index in [0.29, 0.717) is 12.2 Å². The number of amides is 1. The number of rotatable bonds is 6. The number of nitrogens with zero attached hydrogens (tertiary/aromatic N) is 1. The van der Waals surface area contributed by atoms with Crippen LogP contribution in [0.15, 0.2) is 24.3 Å². The smallest absolute Gasteiger partial charge is 0.497 e. The third kappa shape index (κ3) is 8.11. The molecule has 190 valence electrons. The summed E-state index contributed by atoms with van der Waals surface area (Å²) in [4.78, 5) is 39.2. The van der Waals surface area contributed by atoms with E-state index in [1.165, 1.54) is 4.90 Å². The van der Waals surface area contributed by atoms with E-state index in [4.69, 9.17) is 23.7 Å². The van der Waals surface area contributed by atoms with Crippen molar-refractivity contribution in [3.05, 3.63) is 29.8 Å². The number of hydrogen-bond donors (Lipinski definition) is 0. The van der Waals surface area contributed by atoms with Crippen molar-refractivity contribution in [3.63, 3.8) is 0 Å². The summed E-state index contributed by atoms with van der Waals surface area (Å²) < 4.78 is 27.3. The van der Waals surface area contributed by atoms with Crippen LogP contribution in [0, 0.1) is 0 Å². The number of ether oxygens (including phenoxy) is 5. The summed E-state index contributed by atoms with van der Waals surface area (Å²) in [6.45, 7) is 12.1. The third-order valence-electron chi connectivity index (χ3n) is 4.95. The number of benzene rings is 1. The van der Waals surface area contributed by atoms with Gasteiger partial charge in [-0.1, -0.05) is 19.1 Å². The first kappa shape index (κ1) is 27.3. The van der Waals surface area contributed by atoms with Gasteiger partial charge in [0, 0.05) is 6.42 Å².